The Labute approximate surface area is 232 Å². The summed E-state index contributed by atoms with van der Waals surface area (Å²) in [5.41, 5.74) is 15.6. The number of hydrogen-bond acceptors (Lipinski definition) is 4. The summed E-state index contributed by atoms with van der Waals surface area (Å²) in [6.07, 6.45) is 17.6. The quantitative estimate of drug-likeness (QED) is 0.193. The maximum atomic E-state index is 6.22. The number of allylic oxidation sites excluding steroid dienone is 1. The van der Waals surface area contributed by atoms with Crippen molar-refractivity contribution < 1.29 is 9.47 Å². The molecule has 4 nitrogen and oxygen atoms in total. The SMILES string of the molecule is CC(C)CCCC(C)C1CCC2C3CC=C4CC(OCOc5cc(N)cc(N)c5)CCC4(C)C3CCC12C. The second kappa shape index (κ2) is 11.1. The predicted molar refractivity (Wildman–Crippen MR) is 159 cm³/mol. The third kappa shape index (κ3) is 5.36. The van der Waals surface area contributed by atoms with E-state index in [2.05, 4.69) is 40.7 Å². The molecule has 0 bridgehead atoms. The first-order valence-corrected chi connectivity index (χ1v) is 15.7. The average molecular weight is 523 g/mol. The van der Waals surface area contributed by atoms with Gasteiger partial charge >= 0.3 is 0 Å². The highest BCUT2D eigenvalue weighted by Crippen LogP contribution is 2.67. The molecule has 5 rings (SSSR count). The van der Waals surface area contributed by atoms with E-state index < -0.39 is 0 Å². The Balaban J connectivity index is 1.20. The van der Waals surface area contributed by atoms with Crippen molar-refractivity contribution >= 4 is 11.4 Å². The molecule has 0 aliphatic heterocycles. The molecule has 1 aromatic rings. The maximum Gasteiger partial charge on any atom is 0.189 e. The first-order chi connectivity index (χ1) is 18.1. The van der Waals surface area contributed by atoms with Crippen LogP contribution in [0.1, 0.15) is 105 Å². The molecule has 4 aliphatic rings. The van der Waals surface area contributed by atoms with Crippen molar-refractivity contribution in [1.29, 1.82) is 0 Å². The predicted octanol–water partition coefficient (Wildman–Crippen LogP) is 8.61. The summed E-state index contributed by atoms with van der Waals surface area (Å²) < 4.78 is 12.1. The van der Waals surface area contributed by atoms with Crippen molar-refractivity contribution in [3.63, 3.8) is 0 Å². The van der Waals surface area contributed by atoms with Crippen LogP contribution in [-0.2, 0) is 4.74 Å². The molecule has 8 unspecified atom stereocenters. The molecule has 8 atom stereocenters. The molecule has 0 heterocycles. The lowest BCUT2D eigenvalue weighted by molar-refractivity contribution is -0.0814. The summed E-state index contributed by atoms with van der Waals surface area (Å²) in [5.74, 6) is 5.97. The van der Waals surface area contributed by atoms with E-state index >= 15 is 0 Å². The minimum atomic E-state index is 0.237. The lowest BCUT2D eigenvalue weighted by Gasteiger charge is -2.58. The fourth-order valence-corrected chi connectivity index (χ4v) is 9.72. The van der Waals surface area contributed by atoms with Crippen molar-refractivity contribution in [2.24, 2.45) is 46.3 Å². The van der Waals surface area contributed by atoms with Gasteiger partial charge in [0.25, 0.3) is 0 Å². The highest BCUT2D eigenvalue weighted by atomic mass is 16.7. The van der Waals surface area contributed by atoms with Crippen molar-refractivity contribution in [3.05, 3.63) is 29.8 Å². The van der Waals surface area contributed by atoms with Crippen molar-refractivity contribution in [1.82, 2.24) is 0 Å². The smallest absolute Gasteiger partial charge is 0.189 e. The molecular weight excluding hydrogens is 468 g/mol. The molecule has 0 radical (unpaired) electrons. The molecule has 0 spiro atoms. The van der Waals surface area contributed by atoms with Crippen LogP contribution in [0.5, 0.6) is 5.75 Å². The monoisotopic (exact) mass is 522 g/mol. The minimum Gasteiger partial charge on any atom is -0.467 e. The minimum absolute atomic E-state index is 0.237. The van der Waals surface area contributed by atoms with E-state index in [9.17, 15) is 0 Å². The molecule has 3 saturated carbocycles. The van der Waals surface area contributed by atoms with E-state index in [1.807, 2.05) is 0 Å². The highest BCUT2D eigenvalue weighted by molar-refractivity contribution is 5.56. The van der Waals surface area contributed by atoms with Gasteiger partial charge in [-0.1, -0.05) is 65.5 Å². The number of hydrogen-bond donors (Lipinski definition) is 2. The zero-order valence-corrected chi connectivity index (χ0v) is 24.8. The van der Waals surface area contributed by atoms with Crippen molar-refractivity contribution in [2.45, 2.75) is 111 Å². The molecule has 3 fully saturated rings. The molecular formula is C34H54N2O2. The fourth-order valence-electron chi connectivity index (χ4n) is 9.72. The van der Waals surface area contributed by atoms with Gasteiger partial charge in [-0.2, -0.15) is 0 Å². The first-order valence-electron chi connectivity index (χ1n) is 15.7. The summed E-state index contributed by atoms with van der Waals surface area (Å²) in [4.78, 5) is 0. The topological polar surface area (TPSA) is 70.5 Å². The van der Waals surface area contributed by atoms with E-state index in [1.54, 1.807) is 23.8 Å². The van der Waals surface area contributed by atoms with Gasteiger partial charge in [-0.15, -0.1) is 0 Å². The molecule has 4 N–H and O–H groups in total. The Bertz CT molecular complexity index is 984. The van der Waals surface area contributed by atoms with Gasteiger partial charge in [-0.05, 0) is 104 Å². The number of rotatable bonds is 9. The Morgan fingerprint density at radius 3 is 2.42 bits per heavy atom. The summed E-state index contributed by atoms with van der Waals surface area (Å²) in [6.45, 7) is 12.9. The standard InChI is InChI=1S/C34H54N2O2/c1-22(2)7-6-8-23(3)30-11-12-31-29-10-9-24-17-27(37-21-38-28-19-25(35)18-26(36)20-28)13-15-33(24,4)32(29)14-16-34(30,31)5/h9,18-20,22-23,27,29-32H,6-8,10-17,21,35-36H2,1-5H3. The van der Waals surface area contributed by atoms with E-state index in [0.29, 0.717) is 28.0 Å². The van der Waals surface area contributed by atoms with Gasteiger partial charge in [-0.25, -0.2) is 0 Å². The highest BCUT2D eigenvalue weighted by Gasteiger charge is 2.59. The number of nitrogen functional groups attached to an aromatic ring is 2. The molecule has 0 amide bonds. The second-order valence-electron chi connectivity index (χ2n) is 14.4. The van der Waals surface area contributed by atoms with Crippen LogP contribution in [0, 0.1) is 46.3 Å². The lowest BCUT2D eigenvalue weighted by Crippen LogP contribution is -2.51. The Hall–Kier alpha value is -1.68. The summed E-state index contributed by atoms with van der Waals surface area (Å²) in [5, 5.41) is 0. The largest absolute Gasteiger partial charge is 0.467 e. The van der Waals surface area contributed by atoms with Gasteiger partial charge < -0.3 is 20.9 Å². The molecule has 212 valence electrons. The zero-order valence-electron chi connectivity index (χ0n) is 24.8. The van der Waals surface area contributed by atoms with Crippen LogP contribution in [0.4, 0.5) is 11.4 Å². The summed E-state index contributed by atoms with van der Waals surface area (Å²) >= 11 is 0. The third-order valence-electron chi connectivity index (χ3n) is 11.7. The van der Waals surface area contributed by atoms with E-state index in [1.165, 1.54) is 57.8 Å². The van der Waals surface area contributed by atoms with Crippen LogP contribution in [0.25, 0.3) is 0 Å². The normalized spacial score (nSPS) is 37.2. The lowest BCUT2D eigenvalue weighted by atomic mass is 9.47. The van der Waals surface area contributed by atoms with Crippen LogP contribution < -0.4 is 16.2 Å². The van der Waals surface area contributed by atoms with Gasteiger partial charge in [0.1, 0.15) is 5.75 Å². The Morgan fingerprint density at radius 2 is 1.68 bits per heavy atom. The van der Waals surface area contributed by atoms with Gasteiger partial charge in [0.2, 0.25) is 0 Å². The van der Waals surface area contributed by atoms with E-state index in [4.69, 9.17) is 20.9 Å². The van der Waals surface area contributed by atoms with E-state index in [0.717, 1.165) is 48.3 Å². The van der Waals surface area contributed by atoms with Gasteiger partial charge in [0.15, 0.2) is 6.79 Å². The van der Waals surface area contributed by atoms with Crippen LogP contribution in [0.3, 0.4) is 0 Å². The van der Waals surface area contributed by atoms with Crippen molar-refractivity contribution in [3.8, 4) is 5.75 Å². The molecule has 0 aromatic heterocycles. The van der Waals surface area contributed by atoms with Crippen LogP contribution in [0.2, 0.25) is 0 Å². The van der Waals surface area contributed by atoms with Gasteiger partial charge in [-0.3, -0.25) is 0 Å². The summed E-state index contributed by atoms with van der Waals surface area (Å²) in [6, 6.07) is 5.35. The third-order valence-corrected chi connectivity index (χ3v) is 11.7. The Morgan fingerprint density at radius 1 is 0.921 bits per heavy atom. The number of ether oxygens (including phenoxy) is 2. The fraction of sp³-hybridized carbons (Fsp3) is 0.765. The number of anilines is 2. The summed E-state index contributed by atoms with van der Waals surface area (Å²) in [7, 11) is 0. The molecule has 0 saturated heterocycles. The van der Waals surface area contributed by atoms with Crippen molar-refractivity contribution in [2.75, 3.05) is 18.3 Å². The first kappa shape index (κ1) is 27.9. The maximum absolute atomic E-state index is 6.22. The van der Waals surface area contributed by atoms with Crippen LogP contribution in [-0.4, -0.2) is 12.9 Å². The van der Waals surface area contributed by atoms with Gasteiger partial charge in [0, 0.05) is 23.5 Å². The van der Waals surface area contributed by atoms with Gasteiger partial charge in [0.05, 0.1) is 6.10 Å². The zero-order chi connectivity index (χ0) is 27.1. The molecule has 38 heavy (non-hydrogen) atoms. The average Bonchev–Trinajstić information content (AvgIpc) is 3.20. The number of nitrogens with two attached hydrogens (primary N) is 2. The van der Waals surface area contributed by atoms with E-state index in [-0.39, 0.29) is 12.9 Å². The molecule has 1 aromatic carbocycles. The molecule has 4 aliphatic carbocycles. The number of benzene rings is 1. The Kier molecular flexibility index (Phi) is 8.11. The van der Waals surface area contributed by atoms with Crippen LogP contribution in [0.15, 0.2) is 29.8 Å². The number of fused-ring (bicyclic) bond motifs is 5. The second-order valence-corrected chi connectivity index (χ2v) is 14.4. The molecule has 4 heteroatoms. The van der Waals surface area contributed by atoms with Crippen LogP contribution >= 0.6 is 0 Å².